The first-order valence-electron chi connectivity index (χ1n) is 7.01. The van der Waals surface area contributed by atoms with Crippen molar-refractivity contribution in [3.05, 3.63) is 35.4 Å². The Kier molecular flexibility index (Phi) is 3.89. The highest BCUT2D eigenvalue weighted by molar-refractivity contribution is 5.75. The van der Waals surface area contributed by atoms with Gasteiger partial charge in [0, 0.05) is 20.2 Å². The number of carbonyl (C=O) groups excluding carboxylic acids is 1. The van der Waals surface area contributed by atoms with Gasteiger partial charge in [0.05, 0.1) is 25.4 Å². The van der Waals surface area contributed by atoms with Gasteiger partial charge in [-0.3, -0.25) is 0 Å². The number of carbonyl (C=O) groups is 1. The molecule has 0 bridgehead atoms. The standard InChI is InChI=1S/C15H20N2O3/c1-19-12-6-7-17(8-12)15(18)16-14-10-20-9-11-4-2-3-5-13(11)14/h2-5,12,14H,6-10H2,1H3,(H,16,18)/t12-,14?/m0/s1. The fourth-order valence-corrected chi connectivity index (χ4v) is 2.85. The van der Waals surface area contributed by atoms with Gasteiger partial charge in [-0.2, -0.15) is 0 Å². The molecule has 0 radical (unpaired) electrons. The van der Waals surface area contributed by atoms with Gasteiger partial charge in [0.15, 0.2) is 0 Å². The monoisotopic (exact) mass is 276 g/mol. The number of rotatable bonds is 2. The summed E-state index contributed by atoms with van der Waals surface area (Å²) in [5.74, 6) is 0. The Balaban J connectivity index is 1.65. The number of urea groups is 1. The van der Waals surface area contributed by atoms with E-state index < -0.39 is 0 Å². The molecule has 0 aliphatic carbocycles. The molecule has 3 rings (SSSR count). The fourth-order valence-electron chi connectivity index (χ4n) is 2.85. The molecule has 1 unspecified atom stereocenters. The predicted octanol–water partition coefficient (Wildman–Crippen LogP) is 1.69. The molecule has 0 saturated carbocycles. The zero-order valence-corrected chi connectivity index (χ0v) is 11.7. The summed E-state index contributed by atoms with van der Waals surface area (Å²) in [6.07, 6.45) is 1.07. The van der Waals surface area contributed by atoms with Crippen molar-refractivity contribution in [2.45, 2.75) is 25.2 Å². The smallest absolute Gasteiger partial charge is 0.318 e. The minimum absolute atomic E-state index is 0.0325. The Morgan fingerprint density at radius 3 is 3.10 bits per heavy atom. The van der Waals surface area contributed by atoms with Crippen molar-refractivity contribution < 1.29 is 14.3 Å². The van der Waals surface area contributed by atoms with E-state index in [9.17, 15) is 4.79 Å². The van der Waals surface area contributed by atoms with Gasteiger partial charge in [-0.15, -0.1) is 0 Å². The lowest BCUT2D eigenvalue weighted by Gasteiger charge is -2.28. The van der Waals surface area contributed by atoms with Crippen LogP contribution >= 0.6 is 0 Å². The van der Waals surface area contributed by atoms with E-state index in [4.69, 9.17) is 9.47 Å². The molecule has 5 nitrogen and oxygen atoms in total. The highest BCUT2D eigenvalue weighted by atomic mass is 16.5. The summed E-state index contributed by atoms with van der Waals surface area (Å²) in [6, 6.07) is 8.01. The normalized spacial score (nSPS) is 25.4. The van der Waals surface area contributed by atoms with E-state index >= 15 is 0 Å². The van der Waals surface area contributed by atoms with Gasteiger partial charge in [-0.1, -0.05) is 24.3 Å². The summed E-state index contributed by atoms with van der Waals surface area (Å²) >= 11 is 0. The number of benzene rings is 1. The van der Waals surface area contributed by atoms with Gasteiger partial charge in [0.1, 0.15) is 0 Å². The Morgan fingerprint density at radius 2 is 2.30 bits per heavy atom. The molecule has 2 amide bonds. The van der Waals surface area contributed by atoms with Crippen LogP contribution in [-0.4, -0.2) is 43.8 Å². The zero-order chi connectivity index (χ0) is 13.9. The number of hydrogen-bond acceptors (Lipinski definition) is 3. The number of ether oxygens (including phenoxy) is 2. The molecule has 1 fully saturated rings. The number of nitrogens with zero attached hydrogens (tertiary/aromatic N) is 1. The first kappa shape index (κ1) is 13.4. The van der Waals surface area contributed by atoms with Crippen LogP contribution in [0.2, 0.25) is 0 Å². The summed E-state index contributed by atoms with van der Waals surface area (Å²) in [4.78, 5) is 14.1. The average Bonchev–Trinajstić information content (AvgIpc) is 2.97. The topological polar surface area (TPSA) is 50.8 Å². The number of methoxy groups -OCH3 is 1. The second-order valence-electron chi connectivity index (χ2n) is 5.31. The third-order valence-corrected chi connectivity index (χ3v) is 4.04. The van der Waals surface area contributed by atoms with E-state index in [2.05, 4.69) is 11.4 Å². The Bertz CT molecular complexity index is 492. The van der Waals surface area contributed by atoms with E-state index in [1.165, 1.54) is 0 Å². The van der Waals surface area contributed by atoms with Crippen molar-refractivity contribution >= 4 is 6.03 Å². The Hall–Kier alpha value is -1.59. The van der Waals surface area contributed by atoms with Crippen molar-refractivity contribution in [2.75, 3.05) is 26.8 Å². The molecule has 2 aliphatic heterocycles. The molecule has 0 aromatic heterocycles. The van der Waals surface area contributed by atoms with E-state index in [1.54, 1.807) is 7.11 Å². The summed E-state index contributed by atoms with van der Waals surface area (Å²) in [5, 5.41) is 3.07. The van der Waals surface area contributed by atoms with E-state index in [-0.39, 0.29) is 18.2 Å². The molecule has 1 saturated heterocycles. The molecule has 108 valence electrons. The first-order valence-corrected chi connectivity index (χ1v) is 7.01. The number of amides is 2. The molecule has 2 heterocycles. The third-order valence-electron chi connectivity index (χ3n) is 4.04. The van der Waals surface area contributed by atoms with Crippen LogP contribution in [0.15, 0.2) is 24.3 Å². The zero-order valence-electron chi connectivity index (χ0n) is 11.7. The highest BCUT2D eigenvalue weighted by Gasteiger charge is 2.29. The molecule has 5 heteroatoms. The average molecular weight is 276 g/mol. The maximum absolute atomic E-state index is 12.3. The summed E-state index contributed by atoms with van der Waals surface area (Å²) < 4.78 is 10.8. The van der Waals surface area contributed by atoms with E-state index in [1.807, 2.05) is 23.1 Å². The largest absolute Gasteiger partial charge is 0.380 e. The first-order chi connectivity index (χ1) is 9.78. The lowest BCUT2D eigenvalue weighted by atomic mass is 9.99. The van der Waals surface area contributed by atoms with Crippen molar-refractivity contribution in [2.24, 2.45) is 0 Å². The third kappa shape index (κ3) is 2.64. The molecule has 2 aliphatic rings. The second kappa shape index (κ2) is 5.81. The molecule has 2 atom stereocenters. The molecule has 1 aromatic carbocycles. The van der Waals surface area contributed by atoms with Crippen molar-refractivity contribution in [1.29, 1.82) is 0 Å². The van der Waals surface area contributed by atoms with E-state index in [0.717, 1.165) is 24.1 Å². The minimum atomic E-state index is -0.0611. The fraction of sp³-hybridized carbons (Fsp3) is 0.533. The van der Waals surface area contributed by atoms with Crippen LogP contribution in [-0.2, 0) is 16.1 Å². The van der Waals surface area contributed by atoms with Crippen molar-refractivity contribution in [1.82, 2.24) is 10.2 Å². The molecule has 1 aromatic rings. The van der Waals surface area contributed by atoms with Gasteiger partial charge in [-0.05, 0) is 17.5 Å². The van der Waals surface area contributed by atoms with E-state index in [0.29, 0.717) is 19.8 Å². The maximum Gasteiger partial charge on any atom is 0.318 e. The molecular weight excluding hydrogens is 256 g/mol. The summed E-state index contributed by atoms with van der Waals surface area (Å²) in [5.41, 5.74) is 2.31. The van der Waals surface area contributed by atoms with Gasteiger partial charge >= 0.3 is 6.03 Å². The van der Waals surface area contributed by atoms with Gasteiger partial charge in [0.2, 0.25) is 0 Å². The van der Waals surface area contributed by atoms with Gasteiger partial charge in [-0.25, -0.2) is 4.79 Å². The highest BCUT2D eigenvalue weighted by Crippen LogP contribution is 2.25. The van der Waals surface area contributed by atoms with Crippen LogP contribution in [0.25, 0.3) is 0 Å². The van der Waals surface area contributed by atoms with Crippen LogP contribution < -0.4 is 5.32 Å². The van der Waals surface area contributed by atoms with Gasteiger partial charge in [0.25, 0.3) is 0 Å². The number of fused-ring (bicyclic) bond motifs is 1. The lowest BCUT2D eigenvalue weighted by molar-refractivity contribution is 0.0811. The number of likely N-dealkylation sites (tertiary alicyclic amines) is 1. The van der Waals surface area contributed by atoms with Crippen LogP contribution in [0, 0.1) is 0 Å². The van der Waals surface area contributed by atoms with Crippen LogP contribution in [0.4, 0.5) is 4.79 Å². The molecule has 0 spiro atoms. The summed E-state index contributed by atoms with van der Waals surface area (Å²) in [6.45, 7) is 2.57. The van der Waals surface area contributed by atoms with Gasteiger partial charge < -0.3 is 19.7 Å². The molecule has 1 N–H and O–H groups in total. The van der Waals surface area contributed by atoms with Crippen molar-refractivity contribution in [3.8, 4) is 0 Å². The predicted molar refractivity (Wildman–Crippen MR) is 74.4 cm³/mol. The lowest BCUT2D eigenvalue weighted by Crippen LogP contribution is -2.43. The van der Waals surface area contributed by atoms with Crippen LogP contribution in [0.5, 0.6) is 0 Å². The quantitative estimate of drug-likeness (QED) is 0.894. The van der Waals surface area contributed by atoms with Crippen molar-refractivity contribution in [3.63, 3.8) is 0 Å². The van der Waals surface area contributed by atoms with Crippen LogP contribution in [0.1, 0.15) is 23.6 Å². The minimum Gasteiger partial charge on any atom is -0.380 e. The van der Waals surface area contributed by atoms with Crippen LogP contribution in [0.3, 0.4) is 0 Å². The second-order valence-corrected chi connectivity index (χ2v) is 5.31. The number of hydrogen-bond donors (Lipinski definition) is 1. The number of nitrogens with one attached hydrogen (secondary N) is 1. The summed E-state index contributed by atoms with van der Waals surface area (Å²) in [7, 11) is 1.69. The Morgan fingerprint density at radius 1 is 1.45 bits per heavy atom. The Labute approximate surface area is 118 Å². The maximum atomic E-state index is 12.3. The molecule has 20 heavy (non-hydrogen) atoms. The SMILES string of the molecule is CO[C@H]1CCN(C(=O)NC2COCc3ccccc32)C1. The molecular formula is C15H20N2O3.